The number of nitro benzene ring substituents is 1. The molecule has 5 nitrogen and oxygen atoms in total. The monoisotopic (exact) mass is 293 g/mol. The van der Waals surface area contributed by atoms with Gasteiger partial charge in [0.1, 0.15) is 0 Å². The minimum atomic E-state index is -0.396. The average Bonchev–Trinajstić information content (AvgIpc) is 2.46. The van der Waals surface area contributed by atoms with E-state index in [1.165, 1.54) is 44.2 Å². The summed E-state index contributed by atoms with van der Waals surface area (Å²) in [7, 11) is 0. The van der Waals surface area contributed by atoms with Crippen LogP contribution in [-0.2, 0) is 6.54 Å². The molecule has 0 amide bonds. The van der Waals surface area contributed by atoms with Gasteiger partial charge >= 0.3 is 0 Å². The van der Waals surface area contributed by atoms with Gasteiger partial charge in [-0.05, 0) is 30.6 Å². The second-order valence-corrected chi connectivity index (χ2v) is 5.49. The van der Waals surface area contributed by atoms with Crippen LogP contribution < -0.4 is 10.6 Å². The van der Waals surface area contributed by atoms with Gasteiger partial charge in [0.25, 0.3) is 5.69 Å². The number of thiocarbonyl (C=S) groups is 1. The molecule has 0 aromatic heterocycles. The molecule has 0 atom stereocenters. The zero-order valence-corrected chi connectivity index (χ0v) is 12.1. The Labute approximate surface area is 123 Å². The molecule has 0 aliphatic heterocycles. The van der Waals surface area contributed by atoms with Gasteiger partial charge in [-0.2, -0.15) is 0 Å². The molecule has 0 unspecified atom stereocenters. The molecule has 1 fully saturated rings. The molecule has 0 spiro atoms. The fourth-order valence-corrected chi connectivity index (χ4v) is 2.64. The number of nitrogens with zero attached hydrogens (tertiary/aromatic N) is 1. The van der Waals surface area contributed by atoms with Crippen LogP contribution in [0.3, 0.4) is 0 Å². The minimum Gasteiger partial charge on any atom is -0.360 e. The van der Waals surface area contributed by atoms with Crippen LogP contribution in [0.1, 0.15) is 37.7 Å². The van der Waals surface area contributed by atoms with Crippen molar-refractivity contribution in [2.45, 2.75) is 44.7 Å². The summed E-state index contributed by atoms with van der Waals surface area (Å²) in [6.45, 7) is 0.580. The summed E-state index contributed by atoms with van der Waals surface area (Å²) < 4.78 is 0. The van der Waals surface area contributed by atoms with Crippen LogP contribution in [-0.4, -0.2) is 16.1 Å². The normalized spacial score (nSPS) is 15.6. The van der Waals surface area contributed by atoms with E-state index in [0.717, 1.165) is 5.56 Å². The summed E-state index contributed by atoms with van der Waals surface area (Å²) in [5.41, 5.74) is 1.08. The lowest BCUT2D eigenvalue weighted by atomic mass is 9.96. The van der Waals surface area contributed by atoms with Gasteiger partial charge in [-0.25, -0.2) is 0 Å². The molecule has 1 aliphatic carbocycles. The Morgan fingerprint density at radius 2 is 1.90 bits per heavy atom. The van der Waals surface area contributed by atoms with Crippen LogP contribution in [0, 0.1) is 10.1 Å². The third-order valence-electron chi connectivity index (χ3n) is 3.54. The molecule has 1 aromatic rings. The molecule has 2 N–H and O–H groups in total. The highest BCUT2D eigenvalue weighted by molar-refractivity contribution is 7.80. The van der Waals surface area contributed by atoms with E-state index in [-0.39, 0.29) is 5.69 Å². The summed E-state index contributed by atoms with van der Waals surface area (Å²) in [5.74, 6) is 0. The topological polar surface area (TPSA) is 67.2 Å². The average molecular weight is 293 g/mol. The van der Waals surface area contributed by atoms with Crippen molar-refractivity contribution in [3.8, 4) is 0 Å². The van der Waals surface area contributed by atoms with E-state index in [1.807, 2.05) is 0 Å². The molecule has 0 bridgehead atoms. The molecule has 20 heavy (non-hydrogen) atoms. The van der Waals surface area contributed by atoms with Gasteiger partial charge in [0.05, 0.1) is 4.92 Å². The Hall–Kier alpha value is -1.69. The van der Waals surface area contributed by atoms with Crippen molar-refractivity contribution in [2.24, 2.45) is 0 Å². The van der Waals surface area contributed by atoms with Crippen LogP contribution >= 0.6 is 12.2 Å². The van der Waals surface area contributed by atoms with Crippen LogP contribution in [0.25, 0.3) is 0 Å². The first-order valence-electron chi connectivity index (χ1n) is 6.93. The number of rotatable bonds is 4. The summed E-state index contributed by atoms with van der Waals surface area (Å²) in [6, 6.07) is 6.99. The van der Waals surface area contributed by atoms with Gasteiger partial charge in [-0.3, -0.25) is 10.1 Å². The number of hydrogen-bond donors (Lipinski definition) is 2. The highest BCUT2D eigenvalue weighted by Crippen LogP contribution is 2.17. The van der Waals surface area contributed by atoms with Gasteiger partial charge in [-0.1, -0.05) is 31.4 Å². The second-order valence-electron chi connectivity index (χ2n) is 5.09. The highest BCUT2D eigenvalue weighted by Gasteiger charge is 2.13. The molecule has 0 saturated heterocycles. The minimum absolute atomic E-state index is 0.108. The van der Waals surface area contributed by atoms with Crippen LogP contribution in [0.15, 0.2) is 24.3 Å². The van der Waals surface area contributed by atoms with E-state index in [1.54, 1.807) is 12.1 Å². The second kappa shape index (κ2) is 7.19. The first kappa shape index (κ1) is 14.7. The van der Waals surface area contributed by atoms with Crippen molar-refractivity contribution in [1.82, 2.24) is 10.6 Å². The van der Waals surface area contributed by atoms with Gasteiger partial charge in [0.15, 0.2) is 5.11 Å². The quantitative estimate of drug-likeness (QED) is 0.507. The maximum absolute atomic E-state index is 10.6. The predicted molar refractivity (Wildman–Crippen MR) is 82.5 cm³/mol. The third kappa shape index (κ3) is 4.45. The van der Waals surface area contributed by atoms with Crippen LogP contribution in [0.4, 0.5) is 5.69 Å². The third-order valence-corrected chi connectivity index (χ3v) is 3.80. The van der Waals surface area contributed by atoms with E-state index in [9.17, 15) is 10.1 Å². The fraction of sp³-hybridized carbons (Fsp3) is 0.500. The largest absolute Gasteiger partial charge is 0.360 e. The molecule has 0 heterocycles. The summed E-state index contributed by atoms with van der Waals surface area (Å²) >= 11 is 5.27. The first-order chi connectivity index (χ1) is 9.65. The Morgan fingerprint density at radius 1 is 1.25 bits per heavy atom. The summed E-state index contributed by atoms with van der Waals surface area (Å²) in [6.07, 6.45) is 6.21. The standard InChI is InChI=1S/C14H19N3O2S/c18-17(19)13-8-6-11(7-9-13)10-15-14(20)16-12-4-2-1-3-5-12/h6-9,12H,1-5,10H2,(H2,15,16,20). The van der Waals surface area contributed by atoms with E-state index >= 15 is 0 Å². The summed E-state index contributed by atoms with van der Waals surface area (Å²) in [4.78, 5) is 10.2. The molecule has 6 heteroatoms. The van der Waals surface area contributed by atoms with Crippen molar-refractivity contribution in [1.29, 1.82) is 0 Å². The van der Waals surface area contributed by atoms with Gasteiger partial charge in [0, 0.05) is 24.7 Å². The highest BCUT2D eigenvalue weighted by atomic mass is 32.1. The van der Waals surface area contributed by atoms with Crippen molar-refractivity contribution in [2.75, 3.05) is 0 Å². The van der Waals surface area contributed by atoms with Gasteiger partial charge in [-0.15, -0.1) is 0 Å². The molecule has 1 aromatic carbocycles. The van der Waals surface area contributed by atoms with Crippen molar-refractivity contribution >= 4 is 23.0 Å². The fourth-order valence-electron chi connectivity index (χ4n) is 2.40. The Morgan fingerprint density at radius 3 is 2.50 bits per heavy atom. The summed E-state index contributed by atoms with van der Waals surface area (Å²) in [5, 5.41) is 17.7. The lowest BCUT2D eigenvalue weighted by molar-refractivity contribution is -0.384. The Kier molecular flexibility index (Phi) is 5.29. The van der Waals surface area contributed by atoms with Crippen LogP contribution in [0.2, 0.25) is 0 Å². The van der Waals surface area contributed by atoms with Gasteiger partial charge < -0.3 is 10.6 Å². The van der Waals surface area contributed by atoms with Crippen LogP contribution in [0.5, 0.6) is 0 Å². The van der Waals surface area contributed by atoms with E-state index in [2.05, 4.69) is 10.6 Å². The molecule has 2 rings (SSSR count). The zero-order valence-electron chi connectivity index (χ0n) is 11.3. The van der Waals surface area contributed by atoms with E-state index < -0.39 is 4.92 Å². The lowest BCUT2D eigenvalue weighted by Crippen LogP contribution is -2.42. The molecule has 1 aliphatic rings. The molecular formula is C14H19N3O2S. The van der Waals surface area contributed by atoms with E-state index in [4.69, 9.17) is 12.2 Å². The Bertz CT molecular complexity index is 470. The molecule has 1 saturated carbocycles. The van der Waals surface area contributed by atoms with E-state index in [0.29, 0.717) is 17.7 Å². The SMILES string of the molecule is O=[N+]([O-])c1ccc(CNC(=S)NC2CCCCC2)cc1. The number of nitrogens with one attached hydrogen (secondary N) is 2. The van der Waals surface area contributed by atoms with Crippen molar-refractivity contribution in [3.05, 3.63) is 39.9 Å². The molecular weight excluding hydrogens is 274 g/mol. The first-order valence-corrected chi connectivity index (χ1v) is 7.33. The maximum atomic E-state index is 10.6. The number of non-ortho nitro benzene ring substituents is 1. The molecule has 108 valence electrons. The van der Waals surface area contributed by atoms with Gasteiger partial charge in [0.2, 0.25) is 0 Å². The Balaban J connectivity index is 1.76. The zero-order chi connectivity index (χ0) is 14.4. The van der Waals surface area contributed by atoms with Crippen molar-refractivity contribution < 1.29 is 4.92 Å². The predicted octanol–water partition coefficient (Wildman–Crippen LogP) is 2.89. The number of hydrogen-bond acceptors (Lipinski definition) is 3. The number of benzene rings is 1. The van der Waals surface area contributed by atoms with Crippen molar-refractivity contribution in [3.63, 3.8) is 0 Å². The maximum Gasteiger partial charge on any atom is 0.269 e. The number of nitro groups is 1. The molecule has 0 radical (unpaired) electrons. The lowest BCUT2D eigenvalue weighted by Gasteiger charge is -2.24. The smallest absolute Gasteiger partial charge is 0.269 e.